The van der Waals surface area contributed by atoms with Crippen molar-refractivity contribution in [3.05, 3.63) is 12.2 Å². The molecular weight excluding hydrogens is 1150 g/mol. The Balaban J connectivity index is 1.25. The van der Waals surface area contributed by atoms with Crippen LogP contribution in [0.15, 0.2) is 12.2 Å². The summed E-state index contributed by atoms with van der Waals surface area (Å²) in [5.41, 5.74) is 0. The minimum atomic E-state index is -1.97. The van der Waals surface area contributed by atoms with Gasteiger partial charge in [0.25, 0.3) is 0 Å². The Morgan fingerprint density at radius 2 is 0.689 bits per heavy atom. The predicted molar refractivity (Wildman–Crippen MR) is 351 cm³/mol. The number of nitrogens with one attached hydrogen (secondary N) is 1. The molecule has 12 N–H and O–H groups in total. The van der Waals surface area contributed by atoms with E-state index in [9.17, 15) is 61.0 Å². The Labute approximate surface area is 544 Å². The maximum atomic E-state index is 13.3. The molecule has 1 amide bonds. The standard InChI is InChI=1S/C71H135NO18/c1-3-5-7-9-11-13-14-15-16-17-18-19-20-21-22-23-24-25-26-27-28-29-30-31-32-33-34-35-36-37-38-39-40-41-43-45-47-49-59(77)72-54(55(76)48-46-44-42-12-10-8-6-4-2)53-85-69-65(83)62(80)67(57(51-74)87-69)90-71-66(84)63(81)68(58(52-75)88-71)89-70-64(82)61(79)60(78)56(50-73)86-70/h46,48,54-58,60-71,73-76,78-84H,3-45,47,49-53H2,1-2H3,(H,72,77)/b48-46+. The third kappa shape index (κ3) is 35.0. The molecule has 0 aromatic heterocycles. The normalized spacial score (nSPS) is 28.0. The minimum Gasteiger partial charge on any atom is -0.394 e. The Morgan fingerprint density at radius 3 is 1.04 bits per heavy atom. The molecule has 0 radical (unpaired) electrons. The van der Waals surface area contributed by atoms with Crippen LogP contribution in [-0.4, -0.2) is 193 Å². The van der Waals surface area contributed by atoms with Crippen molar-refractivity contribution in [2.24, 2.45) is 0 Å². The molecule has 0 aromatic carbocycles. The molecule has 19 nitrogen and oxygen atoms in total. The number of allylic oxidation sites excluding steroid dienone is 1. The highest BCUT2D eigenvalue weighted by molar-refractivity contribution is 5.76. The van der Waals surface area contributed by atoms with E-state index in [1.165, 1.54) is 225 Å². The third-order valence-electron chi connectivity index (χ3n) is 18.8. The molecule has 0 aromatic rings. The second kappa shape index (κ2) is 53.6. The zero-order valence-electron chi connectivity index (χ0n) is 56.4. The number of carbonyl (C=O) groups is 1. The van der Waals surface area contributed by atoms with Gasteiger partial charge in [0, 0.05) is 6.42 Å². The topological polar surface area (TPSA) is 307 Å². The van der Waals surface area contributed by atoms with E-state index in [1.54, 1.807) is 6.08 Å². The molecule has 3 aliphatic heterocycles. The van der Waals surface area contributed by atoms with E-state index in [1.807, 2.05) is 6.08 Å². The van der Waals surface area contributed by atoms with Gasteiger partial charge in [-0.25, -0.2) is 0 Å². The fourth-order valence-electron chi connectivity index (χ4n) is 12.8. The van der Waals surface area contributed by atoms with E-state index in [0.717, 1.165) is 51.4 Å². The second-order valence-electron chi connectivity index (χ2n) is 26.8. The van der Waals surface area contributed by atoms with Gasteiger partial charge < -0.3 is 89.9 Å². The molecule has 3 rings (SSSR count). The molecule has 0 spiro atoms. The summed E-state index contributed by atoms with van der Waals surface area (Å²) in [6.45, 7) is 1.70. The summed E-state index contributed by atoms with van der Waals surface area (Å²) in [6.07, 6.45) is 34.2. The van der Waals surface area contributed by atoms with Crippen LogP contribution in [0, 0.1) is 0 Å². The van der Waals surface area contributed by atoms with Crippen molar-refractivity contribution >= 4 is 5.91 Å². The molecule has 532 valence electrons. The summed E-state index contributed by atoms with van der Waals surface area (Å²) < 4.78 is 34.2. The molecular formula is C71H135NO18. The Kier molecular flexibility index (Phi) is 49.3. The van der Waals surface area contributed by atoms with Crippen molar-refractivity contribution in [3.8, 4) is 0 Å². The van der Waals surface area contributed by atoms with Gasteiger partial charge in [0.05, 0.1) is 38.6 Å². The van der Waals surface area contributed by atoms with Gasteiger partial charge in [0.15, 0.2) is 18.9 Å². The summed E-state index contributed by atoms with van der Waals surface area (Å²) in [5, 5.41) is 120. The van der Waals surface area contributed by atoms with Gasteiger partial charge in [-0.05, 0) is 19.3 Å². The molecule has 19 heteroatoms. The van der Waals surface area contributed by atoms with Crippen LogP contribution >= 0.6 is 0 Å². The van der Waals surface area contributed by atoms with Crippen molar-refractivity contribution in [1.82, 2.24) is 5.32 Å². The van der Waals surface area contributed by atoms with Crippen LogP contribution < -0.4 is 5.32 Å². The number of unbranched alkanes of at least 4 members (excludes halogenated alkanes) is 42. The Morgan fingerprint density at radius 1 is 0.389 bits per heavy atom. The van der Waals surface area contributed by atoms with Gasteiger partial charge in [-0.15, -0.1) is 0 Å². The second-order valence-corrected chi connectivity index (χ2v) is 26.8. The molecule has 90 heavy (non-hydrogen) atoms. The first kappa shape index (κ1) is 82.8. The lowest BCUT2D eigenvalue weighted by molar-refractivity contribution is -0.379. The molecule has 0 aliphatic carbocycles. The molecule has 0 saturated carbocycles. The fourth-order valence-corrected chi connectivity index (χ4v) is 12.8. The van der Waals surface area contributed by atoms with Crippen LogP contribution in [0.2, 0.25) is 0 Å². The van der Waals surface area contributed by atoms with E-state index in [-0.39, 0.29) is 18.9 Å². The van der Waals surface area contributed by atoms with E-state index >= 15 is 0 Å². The van der Waals surface area contributed by atoms with Crippen LogP contribution in [0.25, 0.3) is 0 Å². The van der Waals surface area contributed by atoms with Gasteiger partial charge in [-0.3, -0.25) is 4.79 Å². The molecule has 17 unspecified atom stereocenters. The van der Waals surface area contributed by atoms with Crippen molar-refractivity contribution < 1.29 is 89.4 Å². The summed E-state index contributed by atoms with van der Waals surface area (Å²) in [4.78, 5) is 13.3. The van der Waals surface area contributed by atoms with Crippen LogP contribution in [0.4, 0.5) is 0 Å². The van der Waals surface area contributed by atoms with Crippen LogP contribution in [0.3, 0.4) is 0 Å². The first-order valence-electron chi connectivity index (χ1n) is 36.9. The summed E-state index contributed by atoms with van der Waals surface area (Å²) in [7, 11) is 0. The number of carbonyl (C=O) groups excluding carboxylic acids is 1. The van der Waals surface area contributed by atoms with Gasteiger partial charge in [0.2, 0.25) is 5.91 Å². The first-order valence-corrected chi connectivity index (χ1v) is 36.9. The monoisotopic (exact) mass is 1290 g/mol. The summed E-state index contributed by atoms with van der Waals surface area (Å²) in [5.74, 6) is -0.273. The molecule has 0 bridgehead atoms. The number of rotatable bonds is 58. The lowest BCUT2D eigenvalue weighted by Crippen LogP contribution is -2.66. The van der Waals surface area contributed by atoms with Crippen LogP contribution in [0.5, 0.6) is 0 Å². The van der Waals surface area contributed by atoms with Gasteiger partial charge in [-0.2, -0.15) is 0 Å². The quantitative estimate of drug-likeness (QED) is 0.0199. The Hall–Kier alpha value is -1.47. The third-order valence-corrected chi connectivity index (χ3v) is 18.8. The fraction of sp³-hybridized carbons (Fsp3) is 0.958. The van der Waals surface area contributed by atoms with E-state index in [4.69, 9.17) is 28.4 Å². The van der Waals surface area contributed by atoms with Crippen molar-refractivity contribution in [2.75, 3.05) is 26.4 Å². The zero-order valence-corrected chi connectivity index (χ0v) is 56.4. The van der Waals surface area contributed by atoms with Crippen LogP contribution in [-0.2, 0) is 33.2 Å². The maximum Gasteiger partial charge on any atom is 0.220 e. The number of hydrogen-bond donors (Lipinski definition) is 12. The molecule has 3 fully saturated rings. The highest BCUT2D eigenvalue weighted by atomic mass is 16.8. The van der Waals surface area contributed by atoms with E-state index < -0.39 is 124 Å². The molecule has 17 atom stereocenters. The first-order chi connectivity index (χ1) is 43.8. The average Bonchev–Trinajstić information content (AvgIpc) is 0.873. The van der Waals surface area contributed by atoms with Gasteiger partial charge in [0.1, 0.15) is 73.2 Å². The SMILES string of the molecule is CCCCCCCC/C=C/C(O)C(COC1OC(CO)C(OC2OC(CO)C(OC3OC(CO)C(O)C(O)C3O)C(O)C2O)C(O)C1O)NC(=O)CCCCCCCCCCCCCCCCCCCCCCCCCCCCCCCCCCCCCCC. The number of hydrogen-bond acceptors (Lipinski definition) is 18. The average molecular weight is 1290 g/mol. The minimum absolute atomic E-state index is 0.249. The summed E-state index contributed by atoms with van der Waals surface area (Å²) >= 11 is 0. The maximum absolute atomic E-state index is 13.3. The number of ether oxygens (including phenoxy) is 6. The Bertz CT molecular complexity index is 1680. The predicted octanol–water partition coefficient (Wildman–Crippen LogP) is 10.4. The number of aliphatic hydroxyl groups is 11. The van der Waals surface area contributed by atoms with Gasteiger partial charge >= 0.3 is 0 Å². The molecule has 3 heterocycles. The van der Waals surface area contributed by atoms with Crippen molar-refractivity contribution in [1.29, 1.82) is 0 Å². The largest absolute Gasteiger partial charge is 0.394 e. The highest BCUT2D eigenvalue weighted by Gasteiger charge is 2.53. The lowest BCUT2D eigenvalue weighted by Gasteiger charge is -2.48. The number of amides is 1. The van der Waals surface area contributed by atoms with Crippen molar-refractivity contribution in [2.45, 2.75) is 407 Å². The lowest BCUT2D eigenvalue weighted by atomic mass is 9.96. The van der Waals surface area contributed by atoms with E-state index in [0.29, 0.717) is 6.42 Å². The molecule has 3 aliphatic rings. The highest BCUT2D eigenvalue weighted by Crippen LogP contribution is 2.33. The number of aliphatic hydroxyl groups excluding tert-OH is 11. The molecule has 3 saturated heterocycles. The van der Waals surface area contributed by atoms with E-state index in [2.05, 4.69) is 19.2 Å². The summed E-state index contributed by atoms with van der Waals surface area (Å²) in [6, 6.07) is -0.966. The zero-order chi connectivity index (χ0) is 65.4. The smallest absolute Gasteiger partial charge is 0.220 e. The van der Waals surface area contributed by atoms with Crippen molar-refractivity contribution in [3.63, 3.8) is 0 Å². The van der Waals surface area contributed by atoms with Gasteiger partial charge in [-0.1, -0.05) is 289 Å². The van der Waals surface area contributed by atoms with Crippen LogP contribution in [0.1, 0.15) is 303 Å².